The summed E-state index contributed by atoms with van der Waals surface area (Å²) in [6.45, 7) is 2.33. The summed E-state index contributed by atoms with van der Waals surface area (Å²) in [5, 5.41) is 7.12. The van der Waals surface area contributed by atoms with Gasteiger partial charge in [0.05, 0.1) is 22.7 Å². The third-order valence-electron chi connectivity index (χ3n) is 18.4. The first-order valence-corrected chi connectivity index (χ1v) is 32.2. The lowest BCUT2D eigenvalue weighted by molar-refractivity contribution is 0.771. The van der Waals surface area contributed by atoms with Crippen LogP contribution < -0.4 is 19.6 Å². The van der Waals surface area contributed by atoms with Crippen molar-refractivity contribution in [2.45, 2.75) is 19.3 Å². The van der Waals surface area contributed by atoms with Gasteiger partial charge in [0.1, 0.15) is 0 Å². The Hall–Kier alpha value is -12.0. The Morgan fingerprint density at radius 2 is 0.527 bits per heavy atom. The third-order valence-corrected chi connectivity index (χ3v) is 18.4. The number of rotatable bonds is 15. The van der Waals surface area contributed by atoms with Gasteiger partial charge in [-0.2, -0.15) is 0 Å². The molecule has 1 aliphatic carbocycles. The highest BCUT2D eigenvalue weighted by molar-refractivity contribution is 6.04. The minimum atomic E-state index is 0.480. The van der Waals surface area contributed by atoms with E-state index in [-0.39, 0.29) is 0 Å². The van der Waals surface area contributed by atoms with Crippen LogP contribution >= 0.6 is 0 Å². The molecular weight excluding hydrogens is 1130 g/mol. The second-order valence-corrected chi connectivity index (χ2v) is 24.1. The van der Waals surface area contributed by atoms with Crippen molar-refractivity contribution >= 4 is 107 Å². The Morgan fingerprint density at radius 3 is 0.925 bits per heavy atom. The van der Waals surface area contributed by atoms with Crippen LogP contribution in [0.5, 0.6) is 0 Å². The average molecular weight is 1190 g/mol. The molecule has 0 saturated carbocycles. The summed E-state index contributed by atoms with van der Waals surface area (Å²) in [6.07, 6.45) is 5.69. The zero-order chi connectivity index (χ0) is 62.0. The Morgan fingerprint density at radius 1 is 0.237 bits per heavy atom. The molecule has 1 aliphatic rings. The molecule has 0 aliphatic heterocycles. The predicted octanol–water partition coefficient (Wildman–Crippen LogP) is 25.5. The van der Waals surface area contributed by atoms with Crippen LogP contribution in [0.1, 0.15) is 30.4 Å². The molecule has 15 aromatic carbocycles. The van der Waals surface area contributed by atoms with Crippen LogP contribution in [-0.2, 0) is 0 Å². The summed E-state index contributed by atoms with van der Waals surface area (Å²) < 4.78 is 0. The van der Waals surface area contributed by atoms with Gasteiger partial charge in [-0.3, -0.25) is 0 Å². The first-order chi connectivity index (χ1) is 46.0. The molecule has 0 bridgehead atoms. The number of allylic oxidation sites excluding steroid dienone is 1. The summed E-state index contributed by atoms with van der Waals surface area (Å²) in [5.74, 6) is 0.480. The number of hydrogen-bond donors (Lipinski definition) is 0. The highest BCUT2D eigenvalue weighted by Crippen LogP contribution is 2.47. The first-order valence-electron chi connectivity index (χ1n) is 32.2. The van der Waals surface area contributed by atoms with Gasteiger partial charge in [0, 0.05) is 67.2 Å². The van der Waals surface area contributed by atoms with E-state index in [0.717, 1.165) is 91.2 Å². The molecule has 1 unspecified atom stereocenters. The summed E-state index contributed by atoms with van der Waals surface area (Å²) in [6, 6.07) is 128. The van der Waals surface area contributed by atoms with E-state index < -0.39 is 0 Å². The van der Waals surface area contributed by atoms with E-state index in [0.29, 0.717) is 5.92 Å². The molecule has 0 N–H and O–H groups in total. The Balaban J connectivity index is 0.677. The first kappa shape index (κ1) is 56.3. The normalized spacial score (nSPS) is 12.6. The van der Waals surface area contributed by atoms with Crippen molar-refractivity contribution in [3.05, 3.63) is 369 Å². The van der Waals surface area contributed by atoms with Gasteiger partial charge >= 0.3 is 0 Å². The van der Waals surface area contributed by atoms with Gasteiger partial charge in [-0.15, -0.1) is 0 Å². The number of benzene rings is 15. The molecule has 1 atom stereocenters. The maximum Gasteiger partial charge on any atom is 0.0540 e. The van der Waals surface area contributed by atoms with Crippen molar-refractivity contribution in [1.82, 2.24) is 0 Å². The van der Waals surface area contributed by atoms with E-state index >= 15 is 0 Å². The second-order valence-electron chi connectivity index (χ2n) is 24.1. The lowest BCUT2D eigenvalue weighted by Gasteiger charge is -2.30. The van der Waals surface area contributed by atoms with Crippen LogP contribution in [0.3, 0.4) is 0 Å². The fourth-order valence-corrected chi connectivity index (χ4v) is 13.8. The largest absolute Gasteiger partial charge is 0.310 e. The number of nitrogens with zero attached hydrogens (tertiary/aromatic N) is 4. The van der Waals surface area contributed by atoms with Crippen LogP contribution in [-0.4, -0.2) is 0 Å². The zero-order valence-corrected chi connectivity index (χ0v) is 51.7. The standard InChI is InChI=1S/C89H66N4/c1-63-21-16-36-85-81(63)35-20-40-89(85)93(76-32-12-5-13-33-76)80-57-47-67(48-58-80)66-45-55-79(56-46-66)92(75-30-10-4-11-31-75)88-39-19-25-72-62-70(50-60-84(72)88)69-49-59-83-71(61-69)24-18-38-87(83)91(74-28-8-3-9-29-74)78-53-43-65(44-54-78)64-41-51-77(52-42-64)90(73-26-6-2-7-27-73)86-37-17-23-68-22-14-15-34-82(68)86/h2-20,22-63H,21H2,1H3. The van der Waals surface area contributed by atoms with Gasteiger partial charge in [-0.1, -0.05) is 237 Å². The van der Waals surface area contributed by atoms with E-state index in [1.165, 1.54) is 60.3 Å². The van der Waals surface area contributed by atoms with E-state index in [1.54, 1.807) is 0 Å². The molecule has 16 rings (SSSR count). The van der Waals surface area contributed by atoms with Gasteiger partial charge in [0.25, 0.3) is 0 Å². The Labute approximate surface area is 544 Å². The van der Waals surface area contributed by atoms with Crippen LogP contribution in [0.25, 0.3) is 71.8 Å². The molecule has 0 heterocycles. The van der Waals surface area contributed by atoms with Gasteiger partial charge in [-0.05, 0) is 201 Å². The molecular formula is C89H66N4. The second kappa shape index (κ2) is 24.8. The maximum atomic E-state index is 2.39. The number of anilines is 12. The number of hydrogen-bond acceptors (Lipinski definition) is 4. The molecule has 0 amide bonds. The summed E-state index contributed by atoms with van der Waals surface area (Å²) in [5.41, 5.74) is 23.1. The topological polar surface area (TPSA) is 13.0 Å². The van der Waals surface area contributed by atoms with Crippen LogP contribution in [0.15, 0.2) is 358 Å². The monoisotopic (exact) mass is 1190 g/mol. The smallest absolute Gasteiger partial charge is 0.0540 e. The minimum Gasteiger partial charge on any atom is -0.310 e. The highest BCUT2D eigenvalue weighted by atomic mass is 15.2. The highest BCUT2D eigenvalue weighted by Gasteiger charge is 2.23. The summed E-state index contributed by atoms with van der Waals surface area (Å²) in [4.78, 5) is 9.52. The van der Waals surface area contributed by atoms with Gasteiger partial charge in [0.2, 0.25) is 0 Å². The average Bonchev–Trinajstić information content (AvgIpc) is 0.972. The lowest BCUT2D eigenvalue weighted by atomic mass is 9.87. The Kier molecular flexibility index (Phi) is 15.0. The Bertz CT molecular complexity index is 5160. The molecule has 0 saturated heterocycles. The van der Waals surface area contributed by atoms with Crippen LogP contribution in [0, 0.1) is 0 Å². The molecule has 4 nitrogen and oxygen atoms in total. The van der Waals surface area contributed by atoms with Crippen molar-refractivity contribution in [3.8, 4) is 33.4 Å². The van der Waals surface area contributed by atoms with Crippen LogP contribution in [0.4, 0.5) is 68.2 Å². The molecule has 442 valence electrons. The van der Waals surface area contributed by atoms with Crippen LogP contribution in [0.2, 0.25) is 0 Å². The van der Waals surface area contributed by atoms with E-state index in [2.05, 4.69) is 391 Å². The van der Waals surface area contributed by atoms with Crippen molar-refractivity contribution in [2.75, 3.05) is 19.6 Å². The number of para-hydroxylation sites is 4. The van der Waals surface area contributed by atoms with Gasteiger partial charge in [0.15, 0.2) is 0 Å². The maximum absolute atomic E-state index is 2.39. The lowest BCUT2D eigenvalue weighted by Crippen LogP contribution is -2.13. The van der Waals surface area contributed by atoms with E-state index in [4.69, 9.17) is 0 Å². The fraction of sp³-hybridized carbons (Fsp3) is 0.0337. The van der Waals surface area contributed by atoms with E-state index in [1.807, 2.05) is 0 Å². The molecule has 15 aromatic rings. The molecule has 0 fully saturated rings. The van der Waals surface area contributed by atoms with E-state index in [9.17, 15) is 0 Å². The quantitative estimate of drug-likeness (QED) is 0.101. The molecule has 4 heteroatoms. The van der Waals surface area contributed by atoms with Crippen molar-refractivity contribution in [1.29, 1.82) is 0 Å². The molecule has 0 aromatic heterocycles. The predicted molar refractivity (Wildman–Crippen MR) is 396 cm³/mol. The van der Waals surface area contributed by atoms with Gasteiger partial charge < -0.3 is 19.6 Å². The third kappa shape index (κ3) is 10.9. The van der Waals surface area contributed by atoms with Crippen molar-refractivity contribution in [2.24, 2.45) is 0 Å². The molecule has 0 radical (unpaired) electrons. The summed E-state index contributed by atoms with van der Waals surface area (Å²) >= 11 is 0. The van der Waals surface area contributed by atoms with Crippen molar-refractivity contribution in [3.63, 3.8) is 0 Å². The minimum absolute atomic E-state index is 0.480. The number of fused-ring (bicyclic) bond motifs is 4. The summed E-state index contributed by atoms with van der Waals surface area (Å²) in [7, 11) is 0. The SMILES string of the molecule is CC1CC=Cc2c1cccc2N(c1ccccc1)c1ccc(-c2ccc(N(c3ccccc3)c3cccc4cc(-c5ccc6c(N(c7ccccc7)c7ccc(-c8ccc(N(c9ccccc9)c9cccc%10ccccc9%10)cc8)cc7)cccc6c5)ccc34)cc2)cc1. The zero-order valence-electron chi connectivity index (χ0n) is 51.7. The molecule has 93 heavy (non-hydrogen) atoms. The van der Waals surface area contributed by atoms with Crippen molar-refractivity contribution < 1.29 is 0 Å². The van der Waals surface area contributed by atoms with Gasteiger partial charge in [-0.25, -0.2) is 0 Å². The fourth-order valence-electron chi connectivity index (χ4n) is 13.8. The molecule has 0 spiro atoms.